The fourth-order valence-electron chi connectivity index (χ4n) is 1.92. The van der Waals surface area contributed by atoms with E-state index in [1.807, 2.05) is 36.9 Å². The monoisotopic (exact) mass is 372 g/mol. The fraction of sp³-hybridized carbons (Fsp3) is 0.357. The molecule has 3 N–H and O–H groups in total. The van der Waals surface area contributed by atoms with Gasteiger partial charge in [0, 0.05) is 26.4 Å². The minimum absolute atomic E-state index is 0.0835. The smallest absolute Gasteiger partial charge is 0.263 e. The van der Waals surface area contributed by atoms with Crippen molar-refractivity contribution < 1.29 is 4.79 Å². The number of amides is 1. The molecule has 1 atom stereocenters. The van der Waals surface area contributed by atoms with Crippen LogP contribution in [0.3, 0.4) is 0 Å². The van der Waals surface area contributed by atoms with E-state index < -0.39 is 0 Å². The molecule has 0 saturated heterocycles. The van der Waals surface area contributed by atoms with Crippen molar-refractivity contribution in [1.82, 2.24) is 5.32 Å². The fourth-order valence-corrected chi connectivity index (χ4v) is 4.36. The molecule has 0 radical (unpaired) electrons. The van der Waals surface area contributed by atoms with Crippen LogP contribution in [0.4, 0.5) is 5.69 Å². The first-order valence-electron chi connectivity index (χ1n) is 6.39. The van der Waals surface area contributed by atoms with Crippen LogP contribution in [0, 0.1) is 0 Å². The van der Waals surface area contributed by atoms with Crippen molar-refractivity contribution in [3.05, 3.63) is 27.5 Å². The van der Waals surface area contributed by atoms with E-state index in [-0.39, 0.29) is 11.9 Å². The molecule has 108 valence electrons. The maximum Gasteiger partial charge on any atom is 0.263 e. The molecular formula is C14H17BrN2OS2. The van der Waals surface area contributed by atoms with Gasteiger partial charge in [-0.15, -0.1) is 11.3 Å². The van der Waals surface area contributed by atoms with Crippen LogP contribution in [0.5, 0.6) is 0 Å². The topological polar surface area (TPSA) is 55.1 Å². The highest BCUT2D eigenvalue weighted by Gasteiger charge is 2.19. The molecule has 1 amide bonds. The van der Waals surface area contributed by atoms with Gasteiger partial charge in [-0.05, 0) is 24.8 Å². The lowest BCUT2D eigenvalue weighted by molar-refractivity contribution is 0.0948. The van der Waals surface area contributed by atoms with Gasteiger partial charge < -0.3 is 11.1 Å². The zero-order valence-electron chi connectivity index (χ0n) is 11.4. The van der Waals surface area contributed by atoms with Crippen LogP contribution in [0.2, 0.25) is 0 Å². The molecule has 0 spiro atoms. The van der Waals surface area contributed by atoms with Gasteiger partial charge in [-0.2, -0.15) is 11.8 Å². The maximum atomic E-state index is 12.3. The number of rotatable bonds is 5. The number of carbonyl (C=O) groups excluding carboxylic acids is 1. The molecule has 0 bridgehead atoms. The van der Waals surface area contributed by atoms with Crippen LogP contribution in [0.25, 0.3) is 10.1 Å². The average Bonchev–Trinajstić information content (AvgIpc) is 2.75. The van der Waals surface area contributed by atoms with E-state index in [1.165, 1.54) is 11.3 Å². The maximum absolute atomic E-state index is 12.3. The van der Waals surface area contributed by atoms with Crippen LogP contribution in [0.15, 0.2) is 22.7 Å². The summed E-state index contributed by atoms with van der Waals surface area (Å²) in [6, 6.07) is 6.01. The Balaban J connectivity index is 2.22. The lowest BCUT2D eigenvalue weighted by atomic mass is 10.2. The molecule has 2 aromatic rings. The predicted octanol–water partition coefficient (Wildman–Crippen LogP) is 4.12. The molecule has 0 aliphatic heterocycles. The summed E-state index contributed by atoms with van der Waals surface area (Å²) < 4.78 is 1.95. The second-order valence-electron chi connectivity index (χ2n) is 4.49. The number of nitrogen functional groups attached to an aromatic ring is 1. The number of anilines is 1. The molecule has 20 heavy (non-hydrogen) atoms. The Morgan fingerprint density at radius 3 is 2.95 bits per heavy atom. The third kappa shape index (κ3) is 3.30. The number of carbonyl (C=O) groups is 1. The van der Waals surface area contributed by atoms with Crippen molar-refractivity contribution >= 4 is 60.7 Å². The van der Waals surface area contributed by atoms with Crippen molar-refractivity contribution in [2.75, 3.05) is 17.2 Å². The third-order valence-corrected chi connectivity index (χ3v) is 5.83. The van der Waals surface area contributed by atoms with Crippen LogP contribution >= 0.6 is 39.0 Å². The molecule has 0 aliphatic carbocycles. The first-order valence-corrected chi connectivity index (χ1v) is 9.16. The highest BCUT2D eigenvalue weighted by atomic mass is 79.9. The van der Waals surface area contributed by atoms with Gasteiger partial charge in [0.1, 0.15) is 4.88 Å². The summed E-state index contributed by atoms with van der Waals surface area (Å²) in [4.78, 5) is 12.9. The Bertz CT molecular complexity index is 627. The molecule has 1 heterocycles. The lowest BCUT2D eigenvalue weighted by Crippen LogP contribution is -2.34. The minimum Gasteiger partial charge on any atom is -0.397 e. The number of nitrogens with one attached hydrogen (secondary N) is 1. The number of halogens is 1. The van der Waals surface area contributed by atoms with E-state index >= 15 is 0 Å². The van der Waals surface area contributed by atoms with Crippen LogP contribution in [-0.2, 0) is 0 Å². The van der Waals surface area contributed by atoms with Gasteiger partial charge in [0.05, 0.1) is 5.69 Å². The zero-order chi connectivity index (χ0) is 14.7. The van der Waals surface area contributed by atoms with Crippen molar-refractivity contribution in [1.29, 1.82) is 0 Å². The van der Waals surface area contributed by atoms with Gasteiger partial charge in [-0.3, -0.25) is 4.79 Å². The molecule has 2 rings (SSSR count). The Morgan fingerprint density at radius 2 is 2.30 bits per heavy atom. The lowest BCUT2D eigenvalue weighted by Gasteiger charge is -2.12. The Labute approximate surface area is 135 Å². The van der Waals surface area contributed by atoms with Crippen molar-refractivity contribution in [2.45, 2.75) is 19.9 Å². The van der Waals surface area contributed by atoms with Crippen molar-refractivity contribution in [2.24, 2.45) is 0 Å². The van der Waals surface area contributed by atoms with Gasteiger partial charge in [-0.25, -0.2) is 0 Å². The van der Waals surface area contributed by atoms with E-state index in [0.717, 1.165) is 26.1 Å². The van der Waals surface area contributed by atoms with E-state index in [1.54, 1.807) is 0 Å². The molecule has 1 aromatic heterocycles. The summed E-state index contributed by atoms with van der Waals surface area (Å²) in [5, 5.41) is 3.94. The molecule has 1 unspecified atom stereocenters. The number of fused-ring (bicyclic) bond motifs is 1. The minimum atomic E-state index is -0.0835. The van der Waals surface area contributed by atoms with E-state index in [2.05, 4.69) is 28.2 Å². The summed E-state index contributed by atoms with van der Waals surface area (Å²) in [5.41, 5.74) is 6.69. The molecule has 0 saturated carbocycles. The summed E-state index contributed by atoms with van der Waals surface area (Å²) in [7, 11) is 0. The van der Waals surface area contributed by atoms with Crippen LogP contribution in [0.1, 0.15) is 23.5 Å². The summed E-state index contributed by atoms with van der Waals surface area (Å²) in [6.07, 6.45) is 0. The quantitative estimate of drug-likeness (QED) is 0.829. The summed E-state index contributed by atoms with van der Waals surface area (Å²) in [5.74, 6) is 1.88. The normalized spacial score (nSPS) is 12.6. The highest BCUT2D eigenvalue weighted by Crippen LogP contribution is 2.38. The van der Waals surface area contributed by atoms with Gasteiger partial charge in [0.15, 0.2) is 0 Å². The Hall–Kier alpha value is -0.720. The number of hydrogen-bond acceptors (Lipinski definition) is 4. The molecule has 3 nitrogen and oxygen atoms in total. The Morgan fingerprint density at radius 1 is 1.55 bits per heavy atom. The zero-order valence-corrected chi connectivity index (χ0v) is 14.6. The van der Waals surface area contributed by atoms with E-state index in [9.17, 15) is 4.79 Å². The molecule has 0 aliphatic rings. The SMILES string of the molecule is CCSCC(C)NC(=O)c1sc2cccc(Br)c2c1N. The summed E-state index contributed by atoms with van der Waals surface area (Å²) >= 11 is 6.74. The number of thiophene rings is 1. The van der Waals surface area contributed by atoms with E-state index in [0.29, 0.717) is 10.6 Å². The summed E-state index contributed by atoms with van der Waals surface area (Å²) in [6.45, 7) is 4.13. The second kappa shape index (κ2) is 6.83. The highest BCUT2D eigenvalue weighted by molar-refractivity contribution is 9.10. The van der Waals surface area contributed by atoms with E-state index in [4.69, 9.17) is 5.73 Å². The standard InChI is InChI=1S/C14H17BrN2OS2/c1-3-19-7-8(2)17-14(18)13-12(16)11-9(15)5-4-6-10(11)20-13/h4-6,8H,3,7,16H2,1-2H3,(H,17,18). The van der Waals surface area contributed by atoms with Gasteiger partial charge in [0.2, 0.25) is 0 Å². The van der Waals surface area contributed by atoms with Crippen LogP contribution in [-0.4, -0.2) is 23.5 Å². The predicted molar refractivity (Wildman–Crippen MR) is 93.9 cm³/mol. The molecule has 6 heteroatoms. The number of nitrogens with two attached hydrogens (primary N) is 1. The van der Waals surface area contributed by atoms with Gasteiger partial charge in [-0.1, -0.05) is 28.9 Å². The molecule has 0 fully saturated rings. The first kappa shape index (κ1) is 15.7. The number of benzene rings is 1. The number of thioether (sulfide) groups is 1. The number of hydrogen-bond donors (Lipinski definition) is 2. The third-order valence-electron chi connectivity index (χ3n) is 2.86. The van der Waals surface area contributed by atoms with Crippen LogP contribution < -0.4 is 11.1 Å². The largest absolute Gasteiger partial charge is 0.397 e. The van der Waals surface area contributed by atoms with Gasteiger partial charge >= 0.3 is 0 Å². The second-order valence-corrected chi connectivity index (χ2v) is 7.72. The van der Waals surface area contributed by atoms with Crippen molar-refractivity contribution in [3.8, 4) is 0 Å². The molecule has 1 aromatic carbocycles. The molecular weight excluding hydrogens is 356 g/mol. The van der Waals surface area contributed by atoms with Crippen molar-refractivity contribution in [3.63, 3.8) is 0 Å². The Kier molecular flexibility index (Phi) is 5.35. The average molecular weight is 373 g/mol. The van der Waals surface area contributed by atoms with Gasteiger partial charge in [0.25, 0.3) is 5.91 Å². The first-order chi connectivity index (χ1) is 9.54.